The van der Waals surface area contributed by atoms with E-state index in [1.54, 1.807) is 18.2 Å². The summed E-state index contributed by atoms with van der Waals surface area (Å²) in [5.41, 5.74) is 2.49. The summed E-state index contributed by atoms with van der Waals surface area (Å²) in [5, 5.41) is 12.2. The maximum atomic E-state index is 12.5. The van der Waals surface area contributed by atoms with Crippen LogP contribution in [0.15, 0.2) is 76.8 Å². The Morgan fingerprint density at radius 1 is 1.07 bits per heavy atom. The van der Waals surface area contributed by atoms with Gasteiger partial charge in [-0.15, -0.1) is 0 Å². The summed E-state index contributed by atoms with van der Waals surface area (Å²) in [4.78, 5) is 12.5. The molecular formula is C23H15BrI2N2O2. The number of carbonyl (C=O) groups is 1. The third kappa shape index (κ3) is 6.30. The van der Waals surface area contributed by atoms with E-state index in [4.69, 9.17) is 4.74 Å². The van der Waals surface area contributed by atoms with Gasteiger partial charge in [-0.2, -0.15) is 5.26 Å². The lowest BCUT2D eigenvalue weighted by Crippen LogP contribution is -2.13. The Labute approximate surface area is 210 Å². The molecule has 3 aromatic carbocycles. The Bertz CT molecular complexity index is 1120. The number of nitrogens with one attached hydrogen (secondary N) is 1. The Morgan fingerprint density at radius 2 is 1.77 bits per heavy atom. The zero-order valence-corrected chi connectivity index (χ0v) is 21.4. The zero-order valence-electron chi connectivity index (χ0n) is 15.5. The number of anilines is 1. The number of hydrogen-bond donors (Lipinski definition) is 1. The predicted molar refractivity (Wildman–Crippen MR) is 139 cm³/mol. The fourth-order valence-electron chi connectivity index (χ4n) is 2.61. The van der Waals surface area contributed by atoms with Gasteiger partial charge in [0.05, 0.1) is 7.14 Å². The number of rotatable bonds is 6. The topological polar surface area (TPSA) is 62.1 Å². The van der Waals surface area contributed by atoms with Gasteiger partial charge in [0.1, 0.15) is 24.0 Å². The summed E-state index contributed by atoms with van der Waals surface area (Å²) in [6, 6.07) is 22.9. The highest BCUT2D eigenvalue weighted by Gasteiger charge is 2.13. The normalized spacial score (nSPS) is 10.9. The van der Waals surface area contributed by atoms with Gasteiger partial charge < -0.3 is 10.1 Å². The molecule has 30 heavy (non-hydrogen) atoms. The molecule has 4 nitrogen and oxygen atoms in total. The van der Waals surface area contributed by atoms with Crippen molar-refractivity contribution in [2.24, 2.45) is 0 Å². The van der Waals surface area contributed by atoms with Crippen LogP contribution in [0.5, 0.6) is 5.75 Å². The van der Waals surface area contributed by atoms with E-state index in [-0.39, 0.29) is 5.57 Å². The van der Waals surface area contributed by atoms with E-state index in [1.165, 1.54) is 0 Å². The van der Waals surface area contributed by atoms with E-state index in [1.807, 2.05) is 60.7 Å². The third-order valence-electron chi connectivity index (χ3n) is 4.01. The maximum Gasteiger partial charge on any atom is 0.266 e. The number of nitriles is 1. The molecule has 0 spiro atoms. The van der Waals surface area contributed by atoms with Crippen LogP contribution in [-0.4, -0.2) is 5.91 Å². The van der Waals surface area contributed by atoms with Crippen molar-refractivity contribution in [3.8, 4) is 11.8 Å². The first-order valence-electron chi connectivity index (χ1n) is 8.81. The molecule has 0 atom stereocenters. The van der Waals surface area contributed by atoms with E-state index in [9.17, 15) is 10.1 Å². The number of amides is 1. The van der Waals surface area contributed by atoms with Crippen LogP contribution in [0.1, 0.15) is 11.1 Å². The smallest absolute Gasteiger partial charge is 0.266 e. The fraction of sp³-hybridized carbons (Fsp3) is 0.0435. The molecule has 0 aliphatic heterocycles. The molecule has 0 saturated carbocycles. The van der Waals surface area contributed by atoms with Gasteiger partial charge in [0.2, 0.25) is 0 Å². The van der Waals surface area contributed by atoms with E-state index in [0.717, 1.165) is 28.5 Å². The van der Waals surface area contributed by atoms with Gasteiger partial charge in [0.25, 0.3) is 5.91 Å². The monoisotopic (exact) mass is 684 g/mol. The molecule has 1 amide bonds. The second-order valence-corrected chi connectivity index (χ2v) is 9.46. The van der Waals surface area contributed by atoms with Gasteiger partial charge >= 0.3 is 0 Å². The van der Waals surface area contributed by atoms with Gasteiger partial charge in [-0.3, -0.25) is 4.79 Å². The number of ether oxygens (including phenoxy) is 1. The van der Waals surface area contributed by atoms with Crippen molar-refractivity contribution >= 4 is 78.8 Å². The van der Waals surface area contributed by atoms with Gasteiger partial charge in [-0.1, -0.05) is 52.3 Å². The van der Waals surface area contributed by atoms with Crippen molar-refractivity contribution in [1.29, 1.82) is 5.26 Å². The van der Waals surface area contributed by atoms with Crippen molar-refractivity contribution < 1.29 is 9.53 Å². The summed E-state index contributed by atoms with van der Waals surface area (Å²) in [6.45, 7) is 0.473. The molecule has 150 valence electrons. The molecule has 0 aliphatic carbocycles. The summed E-state index contributed by atoms with van der Waals surface area (Å²) in [5.74, 6) is 0.333. The SMILES string of the molecule is N#C/C(=C/c1cc(I)c(OCc2ccccc2)c(I)c1)C(=O)Nc1cccc(Br)c1. The van der Waals surface area contributed by atoms with Crippen molar-refractivity contribution in [2.45, 2.75) is 6.61 Å². The van der Waals surface area contributed by atoms with E-state index in [0.29, 0.717) is 12.3 Å². The average Bonchev–Trinajstić information content (AvgIpc) is 2.72. The molecule has 0 aliphatic rings. The molecule has 0 saturated heterocycles. The molecule has 0 heterocycles. The molecule has 0 aromatic heterocycles. The second kappa shape index (κ2) is 10.9. The van der Waals surface area contributed by atoms with Crippen LogP contribution in [0.2, 0.25) is 0 Å². The first kappa shape index (κ1) is 22.8. The minimum absolute atomic E-state index is 0.0273. The van der Waals surface area contributed by atoms with Crippen LogP contribution in [0, 0.1) is 18.5 Å². The van der Waals surface area contributed by atoms with Gasteiger partial charge in [0.15, 0.2) is 0 Å². The standard InChI is InChI=1S/C23H15BrI2N2O2/c24-18-7-4-8-19(12-18)28-23(29)17(13-27)9-16-10-20(25)22(21(26)11-16)30-14-15-5-2-1-3-6-15/h1-12H,14H2,(H,28,29)/b17-9-. The zero-order chi connectivity index (χ0) is 21.5. The minimum atomic E-state index is -0.454. The molecule has 0 fully saturated rings. The minimum Gasteiger partial charge on any atom is -0.487 e. The Balaban J connectivity index is 1.77. The predicted octanol–water partition coefficient (Wildman–Crippen LogP) is 6.78. The van der Waals surface area contributed by atoms with E-state index in [2.05, 4.69) is 66.4 Å². The lowest BCUT2D eigenvalue weighted by atomic mass is 10.1. The Kier molecular flexibility index (Phi) is 8.30. The summed E-state index contributed by atoms with van der Waals surface area (Å²) < 4.78 is 8.66. The molecule has 7 heteroatoms. The molecule has 3 aromatic rings. The summed E-state index contributed by atoms with van der Waals surface area (Å²) >= 11 is 7.78. The van der Waals surface area contributed by atoms with Crippen LogP contribution in [0.3, 0.4) is 0 Å². The molecular weight excluding hydrogens is 670 g/mol. The molecule has 0 unspecified atom stereocenters. The highest BCUT2D eigenvalue weighted by molar-refractivity contribution is 14.1. The van der Waals surface area contributed by atoms with E-state index >= 15 is 0 Å². The fourth-order valence-corrected chi connectivity index (χ4v) is 5.14. The van der Waals surface area contributed by atoms with Gasteiger partial charge in [0, 0.05) is 10.2 Å². The van der Waals surface area contributed by atoms with Crippen LogP contribution < -0.4 is 10.1 Å². The maximum absolute atomic E-state index is 12.5. The van der Waals surface area contributed by atoms with Crippen LogP contribution in [-0.2, 0) is 11.4 Å². The Hall–Kier alpha value is -1.90. The van der Waals surface area contributed by atoms with Gasteiger partial charge in [-0.05, 0) is 92.7 Å². The van der Waals surface area contributed by atoms with Crippen molar-refractivity contribution in [3.05, 3.63) is 95.0 Å². The number of benzene rings is 3. The summed E-state index contributed by atoms with van der Waals surface area (Å²) in [7, 11) is 0. The molecule has 1 N–H and O–H groups in total. The van der Waals surface area contributed by atoms with E-state index < -0.39 is 5.91 Å². The van der Waals surface area contributed by atoms with Gasteiger partial charge in [-0.25, -0.2) is 0 Å². The largest absolute Gasteiger partial charge is 0.487 e. The van der Waals surface area contributed by atoms with Crippen LogP contribution in [0.25, 0.3) is 6.08 Å². The third-order valence-corrected chi connectivity index (χ3v) is 6.10. The molecule has 0 radical (unpaired) electrons. The molecule has 3 rings (SSSR count). The average molecular weight is 685 g/mol. The lowest BCUT2D eigenvalue weighted by Gasteiger charge is -2.12. The lowest BCUT2D eigenvalue weighted by molar-refractivity contribution is -0.112. The van der Waals surface area contributed by atoms with Crippen molar-refractivity contribution in [2.75, 3.05) is 5.32 Å². The highest BCUT2D eigenvalue weighted by Crippen LogP contribution is 2.30. The first-order valence-corrected chi connectivity index (χ1v) is 11.8. The number of halogens is 3. The first-order chi connectivity index (χ1) is 14.5. The quantitative estimate of drug-likeness (QED) is 0.177. The summed E-state index contributed by atoms with van der Waals surface area (Å²) in [6.07, 6.45) is 1.58. The number of carbonyl (C=O) groups excluding carboxylic acids is 1. The van der Waals surface area contributed by atoms with Crippen LogP contribution in [0.4, 0.5) is 5.69 Å². The highest BCUT2D eigenvalue weighted by atomic mass is 127. The number of hydrogen-bond acceptors (Lipinski definition) is 3. The van der Waals surface area contributed by atoms with Crippen molar-refractivity contribution in [3.63, 3.8) is 0 Å². The second-order valence-electron chi connectivity index (χ2n) is 6.22. The van der Waals surface area contributed by atoms with Crippen molar-refractivity contribution in [1.82, 2.24) is 0 Å². The number of nitrogens with zero attached hydrogens (tertiary/aromatic N) is 1. The molecule has 0 bridgehead atoms. The Morgan fingerprint density at radius 3 is 2.40 bits per heavy atom. The van der Waals surface area contributed by atoms with Crippen LogP contribution >= 0.6 is 61.1 Å².